The van der Waals surface area contributed by atoms with Crippen molar-refractivity contribution < 1.29 is 14.1 Å². The predicted molar refractivity (Wildman–Crippen MR) is 102 cm³/mol. The van der Waals surface area contributed by atoms with Gasteiger partial charge in [-0.25, -0.2) is 4.79 Å². The summed E-state index contributed by atoms with van der Waals surface area (Å²) in [5.74, 6) is -0.643. The minimum Gasteiger partial charge on any atom is -0.407 e. The van der Waals surface area contributed by atoms with E-state index in [0.29, 0.717) is 22.8 Å². The van der Waals surface area contributed by atoms with Gasteiger partial charge in [0, 0.05) is 31.0 Å². The average molecular weight is 410 g/mol. The number of hydrogen-bond donors (Lipinski definition) is 0. The Bertz CT molecular complexity index is 1050. The Morgan fingerprint density at radius 3 is 2.81 bits per heavy atom. The van der Waals surface area contributed by atoms with Gasteiger partial charge in [-0.2, -0.15) is 0 Å². The molecule has 3 aromatic rings. The van der Waals surface area contributed by atoms with Crippen LogP contribution in [-0.4, -0.2) is 27.3 Å². The molecule has 0 saturated heterocycles. The summed E-state index contributed by atoms with van der Waals surface area (Å²) < 4.78 is 7.13. The Kier molecular flexibility index (Phi) is 5.62. The molecule has 0 aliphatic rings. The summed E-state index contributed by atoms with van der Waals surface area (Å²) in [7, 11) is 1.72. The molecule has 0 unspecified atom stereocenters. The van der Waals surface area contributed by atoms with Crippen LogP contribution in [0.1, 0.15) is 17.7 Å². The van der Waals surface area contributed by atoms with E-state index in [0.717, 1.165) is 4.88 Å². The van der Waals surface area contributed by atoms with Crippen LogP contribution in [0.5, 0.6) is 0 Å². The number of rotatable bonds is 7. The van der Waals surface area contributed by atoms with Crippen molar-refractivity contribution in [3.8, 4) is 0 Å². The van der Waals surface area contributed by atoms with E-state index in [1.165, 1.54) is 34.1 Å². The zero-order valence-corrected chi connectivity index (χ0v) is 16.0. The predicted octanol–water partition coefficient (Wildman–Crippen LogP) is 3.66. The van der Waals surface area contributed by atoms with Gasteiger partial charge in [0.15, 0.2) is 5.58 Å². The maximum atomic E-state index is 12.3. The van der Waals surface area contributed by atoms with Gasteiger partial charge in [0.25, 0.3) is 5.69 Å². The number of fused-ring (bicyclic) bond motifs is 1. The molecular weight excluding hydrogens is 394 g/mol. The highest BCUT2D eigenvalue weighted by atomic mass is 35.5. The van der Waals surface area contributed by atoms with Crippen molar-refractivity contribution in [1.29, 1.82) is 0 Å². The van der Waals surface area contributed by atoms with Crippen molar-refractivity contribution in [3.05, 3.63) is 60.2 Å². The Hall–Kier alpha value is -2.65. The number of aromatic nitrogens is 1. The number of oxazole rings is 1. The number of nitrogens with zero attached hydrogens (tertiary/aromatic N) is 3. The first-order chi connectivity index (χ1) is 12.8. The summed E-state index contributed by atoms with van der Waals surface area (Å²) in [5, 5.41) is 10.8. The van der Waals surface area contributed by atoms with E-state index in [1.54, 1.807) is 18.0 Å². The second-order valence-electron chi connectivity index (χ2n) is 5.99. The van der Waals surface area contributed by atoms with Gasteiger partial charge in [0.05, 0.1) is 27.4 Å². The number of non-ortho nitro benzene ring substituents is 1. The van der Waals surface area contributed by atoms with E-state index in [4.69, 9.17) is 16.0 Å². The quantitative estimate of drug-likeness (QED) is 0.438. The summed E-state index contributed by atoms with van der Waals surface area (Å²) in [5.41, 5.74) is 0.487. The third-order valence-electron chi connectivity index (χ3n) is 4.08. The van der Waals surface area contributed by atoms with Crippen LogP contribution in [-0.2, 0) is 17.9 Å². The molecule has 27 heavy (non-hydrogen) atoms. The van der Waals surface area contributed by atoms with Gasteiger partial charge >= 0.3 is 5.76 Å². The second-order valence-corrected chi connectivity index (χ2v) is 7.79. The molecule has 142 valence electrons. The van der Waals surface area contributed by atoms with Crippen LogP contribution in [0.2, 0.25) is 4.34 Å². The number of nitro benzene ring substituents is 1. The Morgan fingerprint density at radius 1 is 1.37 bits per heavy atom. The van der Waals surface area contributed by atoms with E-state index >= 15 is 0 Å². The Balaban J connectivity index is 1.61. The Morgan fingerprint density at radius 2 is 2.15 bits per heavy atom. The molecule has 1 amide bonds. The number of halogens is 1. The molecule has 0 radical (unpaired) electrons. The highest BCUT2D eigenvalue weighted by Gasteiger charge is 2.15. The minimum absolute atomic E-state index is 0.0454. The largest absolute Gasteiger partial charge is 0.419 e. The smallest absolute Gasteiger partial charge is 0.407 e. The molecule has 3 rings (SSSR count). The average Bonchev–Trinajstić information content (AvgIpc) is 3.16. The lowest BCUT2D eigenvalue weighted by Gasteiger charge is -2.16. The first kappa shape index (κ1) is 19.1. The van der Waals surface area contributed by atoms with Crippen LogP contribution in [0.15, 0.2) is 39.5 Å². The third-order valence-corrected chi connectivity index (χ3v) is 5.30. The second kappa shape index (κ2) is 7.93. The fourth-order valence-electron chi connectivity index (χ4n) is 2.72. The molecule has 0 saturated carbocycles. The molecule has 1 aromatic carbocycles. The van der Waals surface area contributed by atoms with Gasteiger partial charge in [0.1, 0.15) is 0 Å². The van der Waals surface area contributed by atoms with Gasteiger partial charge in [0.2, 0.25) is 5.91 Å². The third kappa shape index (κ3) is 4.37. The fourth-order valence-corrected chi connectivity index (χ4v) is 3.86. The number of thiophene rings is 1. The number of aryl methyl sites for hydroxylation is 1. The van der Waals surface area contributed by atoms with Gasteiger partial charge in [-0.05, 0) is 24.6 Å². The molecule has 0 N–H and O–H groups in total. The molecular formula is C17H16ClN3O5S. The fraction of sp³-hybridized carbons (Fsp3) is 0.294. The lowest BCUT2D eigenvalue weighted by Crippen LogP contribution is -2.26. The first-order valence-electron chi connectivity index (χ1n) is 8.11. The summed E-state index contributed by atoms with van der Waals surface area (Å²) in [4.78, 5) is 37.1. The number of carbonyl (C=O) groups is 1. The lowest BCUT2D eigenvalue weighted by molar-refractivity contribution is -0.384. The molecule has 0 spiro atoms. The molecule has 8 nitrogen and oxygen atoms in total. The highest BCUT2D eigenvalue weighted by Crippen LogP contribution is 2.23. The van der Waals surface area contributed by atoms with Crippen molar-refractivity contribution in [1.82, 2.24) is 9.47 Å². The van der Waals surface area contributed by atoms with Crippen LogP contribution in [0.3, 0.4) is 0 Å². The molecule has 0 atom stereocenters. The normalized spacial score (nSPS) is 11.0. The number of benzene rings is 1. The van der Waals surface area contributed by atoms with E-state index < -0.39 is 10.7 Å². The number of amides is 1. The maximum Gasteiger partial charge on any atom is 0.419 e. The molecule has 0 aliphatic heterocycles. The van der Waals surface area contributed by atoms with E-state index in [2.05, 4.69) is 0 Å². The Labute approximate surface area is 162 Å². The van der Waals surface area contributed by atoms with Crippen molar-refractivity contribution in [3.63, 3.8) is 0 Å². The summed E-state index contributed by atoms with van der Waals surface area (Å²) in [6.45, 7) is 0.766. The van der Waals surface area contributed by atoms with Crippen molar-refractivity contribution in [2.45, 2.75) is 25.9 Å². The van der Waals surface area contributed by atoms with E-state index in [-0.39, 0.29) is 30.1 Å². The minimum atomic E-state index is -0.598. The molecule has 2 heterocycles. The van der Waals surface area contributed by atoms with Crippen LogP contribution in [0, 0.1) is 10.1 Å². The molecule has 10 heteroatoms. The highest BCUT2D eigenvalue weighted by molar-refractivity contribution is 7.16. The van der Waals surface area contributed by atoms with Gasteiger partial charge in [-0.1, -0.05) is 11.6 Å². The van der Waals surface area contributed by atoms with Crippen LogP contribution in [0.4, 0.5) is 5.69 Å². The standard InChI is InChI=1S/C17H16ClN3O5S/c1-19(10-12-5-7-15(18)27-12)16(22)3-2-8-20-13-6-4-11(21(24)25)9-14(13)26-17(20)23/h4-7,9H,2-3,8,10H2,1H3. The monoisotopic (exact) mass is 409 g/mol. The molecule has 2 aromatic heterocycles. The molecule has 0 aliphatic carbocycles. The zero-order valence-electron chi connectivity index (χ0n) is 14.4. The van der Waals surface area contributed by atoms with Gasteiger partial charge in [-0.3, -0.25) is 19.5 Å². The van der Waals surface area contributed by atoms with Crippen molar-refractivity contribution >= 4 is 45.6 Å². The molecule has 0 bridgehead atoms. The van der Waals surface area contributed by atoms with E-state index in [1.807, 2.05) is 6.07 Å². The van der Waals surface area contributed by atoms with Gasteiger partial charge < -0.3 is 9.32 Å². The number of hydrogen-bond acceptors (Lipinski definition) is 6. The lowest BCUT2D eigenvalue weighted by atomic mass is 10.2. The molecule has 0 fully saturated rings. The SMILES string of the molecule is CN(Cc1ccc(Cl)s1)C(=O)CCCn1c(=O)oc2cc([N+](=O)[O-])ccc21. The zero-order chi connectivity index (χ0) is 19.6. The summed E-state index contributed by atoms with van der Waals surface area (Å²) >= 11 is 7.32. The maximum absolute atomic E-state index is 12.3. The number of nitro groups is 1. The summed E-state index contributed by atoms with van der Waals surface area (Å²) in [6, 6.07) is 7.69. The number of carbonyl (C=O) groups excluding carboxylic acids is 1. The van der Waals surface area contributed by atoms with Crippen LogP contribution < -0.4 is 5.76 Å². The van der Waals surface area contributed by atoms with Crippen molar-refractivity contribution in [2.75, 3.05) is 7.05 Å². The topological polar surface area (TPSA) is 98.6 Å². The van der Waals surface area contributed by atoms with Crippen LogP contribution >= 0.6 is 22.9 Å². The van der Waals surface area contributed by atoms with Crippen molar-refractivity contribution in [2.24, 2.45) is 0 Å². The summed E-state index contributed by atoms with van der Waals surface area (Å²) in [6.07, 6.45) is 0.710. The van der Waals surface area contributed by atoms with Crippen LogP contribution in [0.25, 0.3) is 11.1 Å². The first-order valence-corrected chi connectivity index (χ1v) is 9.30. The van der Waals surface area contributed by atoms with E-state index in [9.17, 15) is 19.7 Å². The van der Waals surface area contributed by atoms with Gasteiger partial charge in [-0.15, -0.1) is 11.3 Å².